The third-order valence-corrected chi connectivity index (χ3v) is 5.15. The molecule has 144 valence electrons. The minimum atomic E-state index is -0.950. The first kappa shape index (κ1) is 19.0. The maximum atomic E-state index is 12.9. The molecule has 3 N–H and O–H groups in total. The lowest BCUT2D eigenvalue weighted by Gasteiger charge is -2.27. The van der Waals surface area contributed by atoms with Crippen LogP contribution in [-0.4, -0.2) is 53.7 Å². The number of imide groups is 2. The summed E-state index contributed by atoms with van der Waals surface area (Å²) in [5.41, 5.74) is 7.43. The molecule has 0 saturated carbocycles. The molecule has 4 amide bonds. The van der Waals surface area contributed by atoms with E-state index in [1.54, 1.807) is 18.2 Å². The molecule has 1 aromatic carbocycles. The molecule has 27 heavy (non-hydrogen) atoms. The number of amides is 4. The van der Waals surface area contributed by atoms with E-state index in [1.807, 2.05) is 13.8 Å². The van der Waals surface area contributed by atoms with Crippen molar-refractivity contribution >= 4 is 29.3 Å². The van der Waals surface area contributed by atoms with Crippen molar-refractivity contribution in [2.24, 2.45) is 5.73 Å². The number of piperidine rings is 1. The van der Waals surface area contributed by atoms with Gasteiger partial charge in [-0.15, -0.1) is 0 Å². The molecule has 2 aliphatic rings. The molecule has 2 atom stereocenters. The van der Waals surface area contributed by atoms with E-state index in [1.165, 1.54) is 0 Å². The molecule has 2 heterocycles. The fraction of sp³-hybridized carbons (Fsp3) is 0.474. The van der Waals surface area contributed by atoms with Crippen molar-refractivity contribution in [3.05, 3.63) is 29.3 Å². The second-order valence-electron chi connectivity index (χ2n) is 6.88. The van der Waals surface area contributed by atoms with Crippen LogP contribution >= 0.6 is 0 Å². The number of hydrogen-bond donors (Lipinski definition) is 2. The summed E-state index contributed by atoms with van der Waals surface area (Å²) < 4.78 is 0. The fourth-order valence-electron chi connectivity index (χ4n) is 3.48. The lowest BCUT2D eigenvalue weighted by Crippen LogP contribution is -2.54. The molecule has 1 unspecified atom stereocenters. The van der Waals surface area contributed by atoms with Crippen LogP contribution < -0.4 is 16.0 Å². The Morgan fingerprint density at radius 3 is 2.52 bits per heavy atom. The number of rotatable bonds is 6. The zero-order chi connectivity index (χ0) is 19.7. The number of likely N-dealkylation sites (N-methyl/N-ethyl adjacent to an activating group) is 1. The van der Waals surface area contributed by atoms with Gasteiger partial charge in [0, 0.05) is 31.2 Å². The summed E-state index contributed by atoms with van der Waals surface area (Å²) in [7, 11) is 0. The number of nitrogens with zero attached hydrogens (tertiary/aromatic N) is 2. The second-order valence-corrected chi connectivity index (χ2v) is 6.88. The highest BCUT2D eigenvalue weighted by Gasteiger charge is 2.44. The molecule has 2 aliphatic heterocycles. The first-order valence-electron chi connectivity index (χ1n) is 9.23. The third-order valence-electron chi connectivity index (χ3n) is 5.15. The molecule has 0 bridgehead atoms. The van der Waals surface area contributed by atoms with Crippen molar-refractivity contribution in [3.63, 3.8) is 0 Å². The first-order valence-corrected chi connectivity index (χ1v) is 9.23. The Labute approximate surface area is 157 Å². The topological polar surface area (TPSA) is 113 Å². The highest BCUT2D eigenvalue weighted by atomic mass is 16.2. The van der Waals surface area contributed by atoms with E-state index in [9.17, 15) is 19.2 Å². The summed E-state index contributed by atoms with van der Waals surface area (Å²) in [6.45, 7) is 5.37. The predicted molar refractivity (Wildman–Crippen MR) is 99.3 cm³/mol. The first-order chi connectivity index (χ1) is 12.9. The molecular weight excluding hydrogens is 348 g/mol. The summed E-state index contributed by atoms with van der Waals surface area (Å²) in [5.74, 6) is -1.99. The van der Waals surface area contributed by atoms with E-state index in [0.717, 1.165) is 17.0 Å². The van der Waals surface area contributed by atoms with E-state index >= 15 is 0 Å². The summed E-state index contributed by atoms with van der Waals surface area (Å²) in [6.07, 6.45) is 1.09. The van der Waals surface area contributed by atoms with Gasteiger partial charge in [-0.3, -0.25) is 29.4 Å². The van der Waals surface area contributed by atoms with Crippen LogP contribution in [0.3, 0.4) is 0 Å². The van der Waals surface area contributed by atoms with Gasteiger partial charge in [0.1, 0.15) is 6.04 Å². The van der Waals surface area contributed by atoms with Crippen molar-refractivity contribution < 1.29 is 19.2 Å². The highest BCUT2D eigenvalue weighted by molar-refractivity contribution is 6.23. The Hall–Kier alpha value is -2.74. The molecular formula is C19H24N4O4. The third kappa shape index (κ3) is 3.44. The summed E-state index contributed by atoms with van der Waals surface area (Å²) in [4.78, 5) is 52.1. The Balaban J connectivity index is 1.88. The van der Waals surface area contributed by atoms with Crippen LogP contribution in [0.4, 0.5) is 5.69 Å². The maximum Gasteiger partial charge on any atom is 0.262 e. The minimum absolute atomic E-state index is 0.00973. The van der Waals surface area contributed by atoms with Crippen molar-refractivity contribution in [2.45, 2.75) is 45.2 Å². The van der Waals surface area contributed by atoms with Crippen LogP contribution in [0, 0.1) is 0 Å². The number of benzene rings is 1. The van der Waals surface area contributed by atoms with E-state index in [2.05, 4.69) is 10.2 Å². The van der Waals surface area contributed by atoms with E-state index in [0.29, 0.717) is 13.1 Å². The molecule has 3 rings (SSSR count). The van der Waals surface area contributed by atoms with Gasteiger partial charge in [-0.1, -0.05) is 6.92 Å². The quantitative estimate of drug-likeness (QED) is 0.709. The van der Waals surface area contributed by atoms with Crippen molar-refractivity contribution in [2.75, 3.05) is 18.0 Å². The monoisotopic (exact) mass is 372 g/mol. The molecule has 0 spiro atoms. The van der Waals surface area contributed by atoms with Gasteiger partial charge in [-0.25, -0.2) is 0 Å². The number of carbonyl (C=O) groups is 4. The van der Waals surface area contributed by atoms with Crippen molar-refractivity contribution in [1.82, 2.24) is 10.2 Å². The normalized spacial score (nSPS) is 20.6. The van der Waals surface area contributed by atoms with Gasteiger partial charge < -0.3 is 10.6 Å². The number of nitrogens with one attached hydrogen (secondary N) is 1. The van der Waals surface area contributed by atoms with Gasteiger partial charge in [-0.05, 0) is 38.0 Å². The Bertz CT molecular complexity index is 807. The summed E-state index contributed by atoms with van der Waals surface area (Å²) >= 11 is 0. The maximum absolute atomic E-state index is 12.9. The molecule has 0 aliphatic carbocycles. The number of fused-ring (bicyclic) bond motifs is 1. The minimum Gasteiger partial charge on any atom is -0.370 e. The Morgan fingerprint density at radius 2 is 1.89 bits per heavy atom. The van der Waals surface area contributed by atoms with Gasteiger partial charge >= 0.3 is 0 Å². The zero-order valence-corrected chi connectivity index (χ0v) is 15.5. The van der Waals surface area contributed by atoms with Gasteiger partial charge in [0.15, 0.2) is 0 Å². The van der Waals surface area contributed by atoms with Crippen LogP contribution in [0.25, 0.3) is 0 Å². The van der Waals surface area contributed by atoms with Gasteiger partial charge in [-0.2, -0.15) is 0 Å². The smallest absolute Gasteiger partial charge is 0.262 e. The van der Waals surface area contributed by atoms with E-state index < -0.39 is 23.8 Å². The molecule has 1 aromatic rings. The molecule has 1 saturated heterocycles. The molecule has 0 radical (unpaired) electrons. The number of carbonyl (C=O) groups excluding carboxylic acids is 4. The van der Waals surface area contributed by atoms with Crippen LogP contribution in [-0.2, 0) is 9.59 Å². The Kier molecular flexibility index (Phi) is 5.27. The van der Waals surface area contributed by atoms with Crippen LogP contribution in [0.1, 0.15) is 53.8 Å². The van der Waals surface area contributed by atoms with Gasteiger partial charge in [0.05, 0.1) is 11.1 Å². The average molecular weight is 372 g/mol. The average Bonchev–Trinajstić information content (AvgIpc) is 2.90. The lowest BCUT2D eigenvalue weighted by atomic mass is 10.0. The van der Waals surface area contributed by atoms with E-state index in [4.69, 9.17) is 5.73 Å². The van der Waals surface area contributed by atoms with Crippen molar-refractivity contribution in [1.29, 1.82) is 0 Å². The summed E-state index contributed by atoms with van der Waals surface area (Å²) in [5, 5.41) is 2.19. The molecule has 8 nitrogen and oxygen atoms in total. The Morgan fingerprint density at radius 1 is 1.19 bits per heavy atom. The highest BCUT2D eigenvalue weighted by Crippen LogP contribution is 2.30. The van der Waals surface area contributed by atoms with Gasteiger partial charge in [0.2, 0.25) is 11.8 Å². The van der Waals surface area contributed by atoms with Crippen molar-refractivity contribution in [3.8, 4) is 0 Å². The van der Waals surface area contributed by atoms with Crippen LogP contribution in [0.5, 0.6) is 0 Å². The summed E-state index contributed by atoms with van der Waals surface area (Å²) in [6, 6.07) is 4.17. The zero-order valence-electron chi connectivity index (χ0n) is 15.5. The molecule has 1 fully saturated rings. The largest absolute Gasteiger partial charge is 0.370 e. The molecule has 0 aromatic heterocycles. The second kappa shape index (κ2) is 7.48. The predicted octanol–water partition coefficient (Wildman–Crippen LogP) is 0.651. The van der Waals surface area contributed by atoms with Crippen LogP contribution in [0.2, 0.25) is 0 Å². The number of anilines is 1. The fourth-order valence-corrected chi connectivity index (χ4v) is 3.48. The SMILES string of the molecule is CC[C@H](N)CN(CC)c1ccc2c(c1)C(=O)N(C1CCC(=O)NC1=O)C2=O. The standard InChI is InChI=1S/C19H24N4O4/c1-3-11(20)10-22(4-2)12-5-6-13-14(9-12)19(27)23(18(13)26)15-7-8-16(24)21-17(15)25/h5-6,9,11,15H,3-4,7-8,10,20H2,1-2H3,(H,21,24,25)/t11-,15?/m0/s1. The molecule has 8 heteroatoms. The van der Waals surface area contributed by atoms with E-state index in [-0.39, 0.29) is 35.9 Å². The van der Waals surface area contributed by atoms with Crippen LogP contribution in [0.15, 0.2) is 18.2 Å². The number of nitrogens with two attached hydrogens (primary N) is 1. The van der Waals surface area contributed by atoms with Gasteiger partial charge in [0.25, 0.3) is 11.8 Å². The number of hydrogen-bond acceptors (Lipinski definition) is 6. The lowest BCUT2D eigenvalue weighted by molar-refractivity contribution is -0.136.